The molecule has 0 bridgehead atoms. The van der Waals surface area contributed by atoms with Crippen LogP contribution in [0.1, 0.15) is 20.7 Å². The van der Waals surface area contributed by atoms with Crippen molar-refractivity contribution in [3.05, 3.63) is 59.7 Å². The monoisotopic (exact) mass is 430 g/mol. The van der Waals surface area contributed by atoms with Gasteiger partial charge in [0.15, 0.2) is 0 Å². The molecule has 2 atom stereocenters. The Bertz CT molecular complexity index is 1110. The van der Waals surface area contributed by atoms with E-state index in [1.807, 2.05) is 0 Å². The number of carbonyl (C=O) groups is 3. The number of fused-ring (bicyclic) bond motifs is 1. The standard InChI is InChI=1S/C20H18N2O7S/c1-28-13-9-7-12(8-10-13)21-16(11-29-30(2,26)27)17(20(21)25)22-18(23)14-5-3-4-6-15(14)19(22)24/h3-10,16-17H,11H2,1-2H3/t16-,17+/m1/s1. The normalized spacial score (nSPS) is 20.9. The van der Waals surface area contributed by atoms with Gasteiger partial charge in [-0.15, -0.1) is 0 Å². The predicted molar refractivity (Wildman–Crippen MR) is 106 cm³/mol. The minimum Gasteiger partial charge on any atom is -0.497 e. The number of methoxy groups -OCH3 is 1. The van der Waals surface area contributed by atoms with Gasteiger partial charge in [-0.3, -0.25) is 23.5 Å². The molecular weight excluding hydrogens is 412 g/mol. The molecule has 0 aromatic heterocycles. The zero-order valence-corrected chi connectivity index (χ0v) is 17.0. The van der Waals surface area contributed by atoms with Crippen LogP contribution >= 0.6 is 0 Å². The third kappa shape index (κ3) is 3.23. The highest BCUT2D eigenvalue weighted by Gasteiger charge is 2.57. The summed E-state index contributed by atoms with van der Waals surface area (Å²) in [6, 6.07) is 10.8. The van der Waals surface area contributed by atoms with Gasteiger partial charge < -0.3 is 9.64 Å². The minimum atomic E-state index is -3.80. The van der Waals surface area contributed by atoms with E-state index in [9.17, 15) is 22.8 Å². The second kappa shape index (κ2) is 7.22. The molecule has 2 aliphatic rings. The molecule has 1 fully saturated rings. The van der Waals surface area contributed by atoms with Crippen molar-refractivity contribution in [3.63, 3.8) is 0 Å². The Morgan fingerprint density at radius 1 is 0.900 bits per heavy atom. The van der Waals surface area contributed by atoms with Crippen molar-refractivity contribution in [2.45, 2.75) is 12.1 Å². The Kier molecular flexibility index (Phi) is 4.83. The average molecular weight is 430 g/mol. The molecule has 0 spiro atoms. The van der Waals surface area contributed by atoms with Crippen LogP contribution in [0.4, 0.5) is 5.69 Å². The third-order valence-corrected chi connectivity index (χ3v) is 5.66. The first-order chi connectivity index (χ1) is 14.2. The van der Waals surface area contributed by atoms with Crippen LogP contribution in [0.3, 0.4) is 0 Å². The molecular formula is C20H18N2O7S. The van der Waals surface area contributed by atoms with E-state index >= 15 is 0 Å². The van der Waals surface area contributed by atoms with Crippen LogP contribution in [0.5, 0.6) is 5.75 Å². The van der Waals surface area contributed by atoms with Gasteiger partial charge in [0.2, 0.25) is 0 Å². The molecule has 0 saturated carbocycles. The second-order valence-electron chi connectivity index (χ2n) is 6.93. The topological polar surface area (TPSA) is 110 Å². The van der Waals surface area contributed by atoms with Crippen molar-refractivity contribution in [1.29, 1.82) is 0 Å². The Balaban J connectivity index is 1.68. The first-order valence-corrected chi connectivity index (χ1v) is 10.8. The minimum absolute atomic E-state index is 0.209. The number of hydrogen-bond donors (Lipinski definition) is 0. The summed E-state index contributed by atoms with van der Waals surface area (Å²) in [6.07, 6.45) is 0.891. The molecule has 2 heterocycles. The summed E-state index contributed by atoms with van der Waals surface area (Å²) in [5, 5.41) is 0. The van der Waals surface area contributed by atoms with Crippen LogP contribution < -0.4 is 9.64 Å². The second-order valence-corrected chi connectivity index (χ2v) is 8.58. The highest BCUT2D eigenvalue weighted by Crippen LogP contribution is 2.36. The van der Waals surface area contributed by atoms with E-state index in [-0.39, 0.29) is 11.1 Å². The van der Waals surface area contributed by atoms with E-state index in [0.717, 1.165) is 11.2 Å². The Morgan fingerprint density at radius 2 is 1.47 bits per heavy atom. The van der Waals surface area contributed by atoms with E-state index in [0.29, 0.717) is 11.4 Å². The van der Waals surface area contributed by atoms with Gasteiger partial charge in [-0.2, -0.15) is 8.42 Å². The fourth-order valence-electron chi connectivity index (χ4n) is 3.69. The molecule has 10 heteroatoms. The first-order valence-electron chi connectivity index (χ1n) is 9.01. The van der Waals surface area contributed by atoms with Crippen molar-refractivity contribution >= 4 is 33.5 Å². The number of benzene rings is 2. The number of β-lactam (4-membered cyclic amide) rings is 1. The largest absolute Gasteiger partial charge is 0.497 e. The Morgan fingerprint density at radius 3 is 1.97 bits per heavy atom. The number of rotatable bonds is 6. The number of anilines is 1. The quantitative estimate of drug-likeness (QED) is 0.383. The van der Waals surface area contributed by atoms with E-state index in [4.69, 9.17) is 8.92 Å². The summed E-state index contributed by atoms with van der Waals surface area (Å²) in [4.78, 5) is 40.9. The molecule has 2 aromatic rings. The van der Waals surface area contributed by atoms with Gasteiger partial charge in [0.25, 0.3) is 27.8 Å². The van der Waals surface area contributed by atoms with Gasteiger partial charge in [-0.05, 0) is 36.4 Å². The molecule has 0 radical (unpaired) electrons. The molecule has 1 saturated heterocycles. The van der Waals surface area contributed by atoms with Gasteiger partial charge in [0.1, 0.15) is 11.8 Å². The number of amides is 3. The van der Waals surface area contributed by atoms with E-state index in [2.05, 4.69) is 0 Å². The number of ether oxygens (including phenoxy) is 1. The Labute approximate surface area is 172 Å². The fraction of sp³-hybridized carbons (Fsp3) is 0.250. The lowest BCUT2D eigenvalue weighted by atomic mass is 9.92. The number of carbonyl (C=O) groups excluding carboxylic acids is 3. The van der Waals surface area contributed by atoms with Gasteiger partial charge in [-0.1, -0.05) is 12.1 Å². The molecule has 9 nitrogen and oxygen atoms in total. The maximum Gasteiger partial charge on any atom is 0.264 e. The predicted octanol–water partition coefficient (Wildman–Crippen LogP) is 1.05. The van der Waals surface area contributed by atoms with Gasteiger partial charge in [0, 0.05) is 5.69 Å². The molecule has 156 valence electrons. The third-order valence-electron chi connectivity index (χ3n) is 5.09. The number of hydrogen-bond acceptors (Lipinski definition) is 7. The molecule has 30 heavy (non-hydrogen) atoms. The number of imide groups is 1. The fourth-order valence-corrected chi connectivity index (χ4v) is 4.08. The van der Waals surface area contributed by atoms with Crippen LogP contribution in [0.25, 0.3) is 0 Å². The SMILES string of the molecule is COc1ccc(N2C(=O)[C@@H](N3C(=O)c4ccccc4C3=O)[C@H]2COS(C)(=O)=O)cc1. The highest BCUT2D eigenvalue weighted by atomic mass is 32.2. The lowest BCUT2D eigenvalue weighted by Crippen LogP contribution is -2.73. The van der Waals surface area contributed by atoms with Crippen molar-refractivity contribution in [1.82, 2.24) is 4.90 Å². The van der Waals surface area contributed by atoms with Gasteiger partial charge in [0.05, 0.1) is 37.1 Å². The molecule has 0 aliphatic carbocycles. The van der Waals surface area contributed by atoms with Crippen LogP contribution in [0.2, 0.25) is 0 Å². The summed E-state index contributed by atoms with van der Waals surface area (Å²) in [6.45, 7) is -0.394. The smallest absolute Gasteiger partial charge is 0.264 e. The lowest BCUT2D eigenvalue weighted by molar-refractivity contribution is -0.130. The van der Waals surface area contributed by atoms with E-state index in [1.54, 1.807) is 36.4 Å². The summed E-state index contributed by atoms with van der Waals surface area (Å²) in [7, 11) is -2.30. The maximum atomic E-state index is 13.0. The van der Waals surface area contributed by atoms with E-state index < -0.39 is 46.5 Å². The van der Waals surface area contributed by atoms with Crippen LogP contribution in [0, 0.1) is 0 Å². The first kappa shape index (κ1) is 20.0. The molecule has 0 N–H and O–H groups in total. The van der Waals surface area contributed by atoms with Gasteiger partial charge >= 0.3 is 0 Å². The molecule has 2 aliphatic heterocycles. The van der Waals surface area contributed by atoms with Crippen molar-refractivity contribution in [2.24, 2.45) is 0 Å². The zero-order chi connectivity index (χ0) is 21.6. The van der Waals surface area contributed by atoms with Crippen LogP contribution in [-0.2, 0) is 19.1 Å². The van der Waals surface area contributed by atoms with E-state index in [1.165, 1.54) is 24.1 Å². The molecule has 4 rings (SSSR count). The zero-order valence-electron chi connectivity index (χ0n) is 16.1. The summed E-state index contributed by atoms with van der Waals surface area (Å²) in [5.41, 5.74) is 0.887. The summed E-state index contributed by atoms with van der Waals surface area (Å²) >= 11 is 0. The average Bonchev–Trinajstić information content (AvgIpc) is 2.96. The van der Waals surface area contributed by atoms with Crippen LogP contribution in [0.15, 0.2) is 48.5 Å². The maximum absolute atomic E-state index is 13.0. The van der Waals surface area contributed by atoms with Crippen LogP contribution in [-0.4, -0.2) is 63.1 Å². The Hall–Kier alpha value is -3.24. The molecule has 2 aromatic carbocycles. The lowest BCUT2D eigenvalue weighted by Gasteiger charge is -2.49. The summed E-state index contributed by atoms with van der Waals surface area (Å²) < 4.78 is 33.1. The van der Waals surface area contributed by atoms with Crippen molar-refractivity contribution < 1.29 is 31.7 Å². The van der Waals surface area contributed by atoms with Gasteiger partial charge in [-0.25, -0.2) is 0 Å². The molecule has 0 unspecified atom stereocenters. The number of nitrogens with zero attached hydrogens (tertiary/aromatic N) is 2. The molecule has 3 amide bonds. The summed E-state index contributed by atoms with van der Waals surface area (Å²) in [5.74, 6) is -1.11. The van der Waals surface area contributed by atoms with Crippen molar-refractivity contribution in [2.75, 3.05) is 24.9 Å². The van der Waals surface area contributed by atoms with Crippen molar-refractivity contribution in [3.8, 4) is 5.75 Å². The highest BCUT2D eigenvalue weighted by molar-refractivity contribution is 7.85.